The van der Waals surface area contributed by atoms with E-state index >= 15 is 0 Å². The Balaban J connectivity index is 2.07. The minimum atomic E-state index is 0.495. The van der Waals surface area contributed by atoms with Crippen molar-refractivity contribution in [1.82, 2.24) is 4.98 Å². The number of halogens is 1. The minimum absolute atomic E-state index is 0.495. The second-order valence-electron chi connectivity index (χ2n) is 3.74. The van der Waals surface area contributed by atoms with Gasteiger partial charge >= 0.3 is 0 Å². The Morgan fingerprint density at radius 2 is 2.06 bits per heavy atom. The molecule has 2 aromatic rings. The van der Waals surface area contributed by atoms with Crippen molar-refractivity contribution in [2.75, 3.05) is 0 Å². The maximum absolute atomic E-state index is 5.82. The van der Waals surface area contributed by atoms with Gasteiger partial charge in [-0.1, -0.05) is 36.7 Å². The molecule has 0 atom stereocenters. The molecule has 0 saturated carbocycles. The van der Waals surface area contributed by atoms with Crippen LogP contribution in [-0.4, -0.2) is 4.98 Å². The molecule has 1 aromatic carbocycles. The van der Waals surface area contributed by atoms with E-state index in [0.29, 0.717) is 11.8 Å². The third kappa shape index (κ3) is 3.21. The third-order valence-corrected chi connectivity index (χ3v) is 2.75. The molecule has 0 radical (unpaired) electrons. The van der Waals surface area contributed by atoms with Gasteiger partial charge in [-0.05, 0) is 35.7 Å². The fourth-order valence-corrected chi connectivity index (χ4v) is 1.83. The molecule has 2 nitrogen and oxygen atoms in total. The molecule has 0 spiro atoms. The highest BCUT2D eigenvalue weighted by Gasteiger charge is 2.01. The van der Waals surface area contributed by atoms with E-state index in [1.54, 1.807) is 6.20 Å². The highest BCUT2D eigenvalue weighted by Crippen LogP contribution is 2.20. The van der Waals surface area contributed by atoms with Crippen LogP contribution in [0.3, 0.4) is 0 Å². The molecule has 0 aliphatic carbocycles. The molecular formula is C14H14ClNO. The minimum Gasteiger partial charge on any atom is -0.489 e. The number of ether oxygens (including phenoxy) is 1. The number of hydrogen-bond acceptors (Lipinski definition) is 2. The number of para-hydroxylation sites is 1. The lowest BCUT2D eigenvalue weighted by atomic mass is 10.1. The van der Waals surface area contributed by atoms with Crippen molar-refractivity contribution in [3.63, 3.8) is 0 Å². The van der Waals surface area contributed by atoms with Gasteiger partial charge < -0.3 is 4.74 Å². The summed E-state index contributed by atoms with van der Waals surface area (Å²) in [5.74, 6) is 0.933. The van der Waals surface area contributed by atoms with Gasteiger partial charge in [0, 0.05) is 6.20 Å². The maximum Gasteiger partial charge on any atom is 0.129 e. The van der Waals surface area contributed by atoms with E-state index in [9.17, 15) is 0 Å². The Hall–Kier alpha value is -1.54. The van der Waals surface area contributed by atoms with Gasteiger partial charge in [-0.25, -0.2) is 4.98 Å². The summed E-state index contributed by atoms with van der Waals surface area (Å²) in [7, 11) is 0. The molecule has 0 N–H and O–H groups in total. The van der Waals surface area contributed by atoms with E-state index < -0.39 is 0 Å². The summed E-state index contributed by atoms with van der Waals surface area (Å²) in [5.41, 5.74) is 2.24. The standard InChI is InChI=1S/C14H14ClNO/c1-2-12-5-3-4-6-13(12)17-10-11-7-8-16-14(15)9-11/h3-9H,2,10H2,1H3. The van der Waals surface area contributed by atoms with Crippen molar-refractivity contribution in [2.24, 2.45) is 0 Å². The zero-order valence-electron chi connectivity index (χ0n) is 9.69. The van der Waals surface area contributed by atoms with Crippen molar-refractivity contribution < 1.29 is 4.74 Å². The van der Waals surface area contributed by atoms with Crippen LogP contribution in [0, 0.1) is 0 Å². The van der Waals surface area contributed by atoms with Crippen molar-refractivity contribution >= 4 is 11.6 Å². The van der Waals surface area contributed by atoms with Crippen LogP contribution < -0.4 is 4.74 Å². The first kappa shape index (κ1) is 11.9. The molecular weight excluding hydrogens is 234 g/mol. The van der Waals surface area contributed by atoms with Crippen molar-refractivity contribution in [2.45, 2.75) is 20.0 Å². The highest BCUT2D eigenvalue weighted by atomic mass is 35.5. The summed E-state index contributed by atoms with van der Waals surface area (Å²) >= 11 is 5.82. The number of aromatic nitrogens is 1. The number of aryl methyl sites for hydroxylation is 1. The lowest BCUT2D eigenvalue weighted by Crippen LogP contribution is -1.98. The smallest absolute Gasteiger partial charge is 0.129 e. The van der Waals surface area contributed by atoms with E-state index in [-0.39, 0.29) is 0 Å². The number of hydrogen-bond donors (Lipinski definition) is 0. The van der Waals surface area contributed by atoms with Gasteiger partial charge in [0.2, 0.25) is 0 Å². The number of rotatable bonds is 4. The molecule has 0 aliphatic heterocycles. The molecule has 0 amide bonds. The lowest BCUT2D eigenvalue weighted by molar-refractivity contribution is 0.303. The Labute approximate surface area is 106 Å². The van der Waals surface area contributed by atoms with Gasteiger partial charge in [0.25, 0.3) is 0 Å². The number of benzene rings is 1. The molecule has 17 heavy (non-hydrogen) atoms. The first-order valence-corrected chi connectivity index (χ1v) is 5.98. The van der Waals surface area contributed by atoms with Crippen LogP contribution in [0.2, 0.25) is 5.15 Å². The van der Waals surface area contributed by atoms with Gasteiger partial charge in [0.1, 0.15) is 17.5 Å². The largest absolute Gasteiger partial charge is 0.489 e. The Morgan fingerprint density at radius 3 is 2.82 bits per heavy atom. The summed E-state index contributed by atoms with van der Waals surface area (Å²) in [4.78, 5) is 3.94. The van der Waals surface area contributed by atoms with Crippen LogP contribution in [0.1, 0.15) is 18.1 Å². The molecule has 2 rings (SSSR count). The van der Waals surface area contributed by atoms with Crippen LogP contribution in [-0.2, 0) is 13.0 Å². The topological polar surface area (TPSA) is 22.1 Å². The van der Waals surface area contributed by atoms with Gasteiger partial charge in [0.05, 0.1) is 0 Å². The van der Waals surface area contributed by atoms with E-state index in [0.717, 1.165) is 17.7 Å². The molecule has 0 saturated heterocycles. The molecule has 0 fully saturated rings. The van der Waals surface area contributed by atoms with E-state index in [2.05, 4.69) is 18.0 Å². The predicted octanol–water partition coefficient (Wildman–Crippen LogP) is 3.88. The van der Waals surface area contributed by atoms with E-state index in [1.807, 2.05) is 30.3 Å². The summed E-state index contributed by atoms with van der Waals surface area (Å²) in [5, 5.41) is 0.495. The molecule has 0 bridgehead atoms. The van der Waals surface area contributed by atoms with Gasteiger partial charge in [0.15, 0.2) is 0 Å². The van der Waals surface area contributed by atoms with Crippen molar-refractivity contribution in [1.29, 1.82) is 0 Å². The average Bonchev–Trinajstić information content (AvgIpc) is 2.37. The van der Waals surface area contributed by atoms with Gasteiger partial charge in [-0.2, -0.15) is 0 Å². The fourth-order valence-electron chi connectivity index (χ4n) is 1.63. The molecule has 1 heterocycles. The number of nitrogens with zero attached hydrogens (tertiary/aromatic N) is 1. The molecule has 3 heteroatoms. The zero-order chi connectivity index (χ0) is 12.1. The SMILES string of the molecule is CCc1ccccc1OCc1ccnc(Cl)c1. The van der Waals surface area contributed by atoms with Crippen LogP contribution in [0.5, 0.6) is 5.75 Å². The molecule has 0 unspecified atom stereocenters. The zero-order valence-corrected chi connectivity index (χ0v) is 10.4. The highest BCUT2D eigenvalue weighted by molar-refractivity contribution is 6.29. The second-order valence-corrected chi connectivity index (χ2v) is 4.12. The van der Waals surface area contributed by atoms with Crippen LogP contribution >= 0.6 is 11.6 Å². The first-order chi connectivity index (χ1) is 8.29. The molecule has 1 aromatic heterocycles. The lowest BCUT2D eigenvalue weighted by Gasteiger charge is -2.10. The molecule has 0 aliphatic rings. The normalized spacial score (nSPS) is 10.2. The van der Waals surface area contributed by atoms with Crippen LogP contribution in [0.25, 0.3) is 0 Å². The van der Waals surface area contributed by atoms with Crippen molar-refractivity contribution in [3.05, 3.63) is 58.9 Å². The Morgan fingerprint density at radius 1 is 1.24 bits per heavy atom. The summed E-state index contributed by atoms with van der Waals surface area (Å²) in [6.07, 6.45) is 2.65. The second kappa shape index (κ2) is 5.69. The monoisotopic (exact) mass is 247 g/mol. The van der Waals surface area contributed by atoms with Gasteiger partial charge in [-0.15, -0.1) is 0 Å². The predicted molar refractivity (Wildman–Crippen MR) is 69.4 cm³/mol. The number of pyridine rings is 1. The average molecular weight is 248 g/mol. The summed E-state index contributed by atoms with van der Waals surface area (Å²) < 4.78 is 5.78. The Bertz CT molecular complexity index is 499. The van der Waals surface area contributed by atoms with Crippen LogP contribution in [0.15, 0.2) is 42.6 Å². The Kier molecular flexibility index (Phi) is 3.99. The molecule has 88 valence electrons. The summed E-state index contributed by atoms with van der Waals surface area (Å²) in [6.45, 7) is 2.63. The van der Waals surface area contributed by atoms with E-state index in [1.165, 1.54) is 5.56 Å². The van der Waals surface area contributed by atoms with Crippen molar-refractivity contribution in [3.8, 4) is 5.75 Å². The summed E-state index contributed by atoms with van der Waals surface area (Å²) in [6, 6.07) is 11.8. The fraction of sp³-hybridized carbons (Fsp3) is 0.214. The van der Waals surface area contributed by atoms with Gasteiger partial charge in [-0.3, -0.25) is 0 Å². The van der Waals surface area contributed by atoms with E-state index in [4.69, 9.17) is 16.3 Å². The van der Waals surface area contributed by atoms with Crippen LogP contribution in [0.4, 0.5) is 0 Å². The maximum atomic E-state index is 5.82. The quantitative estimate of drug-likeness (QED) is 0.765. The first-order valence-electron chi connectivity index (χ1n) is 5.60. The third-order valence-electron chi connectivity index (χ3n) is 2.54.